The number of nitrogens with one attached hydrogen (secondary N) is 1. The van der Waals surface area contributed by atoms with E-state index in [-0.39, 0.29) is 5.69 Å². The molecule has 1 aromatic heterocycles. The summed E-state index contributed by atoms with van der Waals surface area (Å²) >= 11 is 6.02. The number of hydrogen-bond donors (Lipinski definition) is 1. The summed E-state index contributed by atoms with van der Waals surface area (Å²) in [4.78, 5) is 39.3. The van der Waals surface area contributed by atoms with Gasteiger partial charge < -0.3 is 14.5 Å². The monoisotopic (exact) mass is 389 g/mol. The number of aromatic nitrogens is 1. The molecule has 1 N–H and O–H groups in total. The molecule has 0 saturated carbocycles. The molecule has 0 unspecified atom stereocenters. The Morgan fingerprint density at radius 3 is 2.48 bits per heavy atom. The maximum Gasteiger partial charge on any atom is 0.339 e. The minimum absolute atomic E-state index is 0.211. The summed E-state index contributed by atoms with van der Waals surface area (Å²) in [5, 5.41) is 0.499. The summed E-state index contributed by atoms with van der Waals surface area (Å²) in [5.74, 6) is -1.65. The number of carbonyl (C=O) groups excluding carboxylic acids is 3. The van der Waals surface area contributed by atoms with Crippen LogP contribution in [0.3, 0.4) is 0 Å². The molecule has 7 heteroatoms. The van der Waals surface area contributed by atoms with Crippen molar-refractivity contribution in [3.05, 3.63) is 63.4 Å². The van der Waals surface area contributed by atoms with Gasteiger partial charge in [-0.05, 0) is 44.0 Å². The van der Waals surface area contributed by atoms with E-state index in [0.29, 0.717) is 27.4 Å². The first-order chi connectivity index (χ1) is 12.8. The number of hydrogen-bond acceptors (Lipinski definition) is 5. The highest BCUT2D eigenvalue weighted by Crippen LogP contribution is 2.21. The molecule has 2 rings (SSSR count). The Bertz CT molecular complexity index is 913. The standard InChI is InChI=1S/C20H20ClNO5/c1-11-17(20(25)26-4)12(2)22-18(11)19(24)13(3)27-16(23)10-9-14-7-5-6-8-15(14)21/h5-10,13,22H,1-4H3/b10-9+/t13-/m0/s1. The molecule has 0 spiro atoms. The first-order valence-electron chi connectivity index (χ1n) is 8.21. The van der Waals surface area contributed by atoms with Gasteiger partial charge in [0.05, 0.1) is 18.4 Å². The Balaban J connectivity index is 2.11. The van der Waals surface area contributed by atoms with Crippen molar-refractivity contribution < 1.29 is 23.9 Å². The molecule has 0 aliphatic carbocycles. The SMILES string of the molecule is COC(=O)c1c(C)[nH]c(C(=O)[C@H](C)OC(=O)/C=C/c2ccccc2Cl)c1C. The van der Waals surface area contributed by atoms with Crippen molar-refractivity contribution in [2.24, 2.45) is 0 Å². The van der Waals surface area contributed by atoms with E-state index in [9.17, 15) is 14.4 Å². The summed E-state index contributed by atoms with van der Waals surface area (Å²) in [5.41, 5.74) is 2.15. The number of rotatable bonds is 6. The van der Waals surface area contributed by atoms with Crippen molar-refractivity contribution in [1.82, 2.24) is 4.98 Å². The quantitative estimate of drug-likeness (QED) is 0.460. The van der Waals surface area contributed by atoms with E-state index in [2.05, 4.69) is 4.98 Å². The molecular formula is C20H20ClNO5. The highest BCUT2D eigenvalue weighted by molar-refractivity contribution is 6.32. The van der Waals surface area contributed by atoms with Crippen molar-refractivity contribution in [3.8, 4) is 0 Å². The lowest BCUT2D eigenvalue weighted by Crippen LogP contribution is -2.24. The fraction of sp³-hybridized carbons (Fsp3) is 0.250. The zero-order valence-electron chi connectivity index (χ0n) is 15.5. The average Bonchev–Trinajstić information content (AvgIpc) is 2.94. The van der Waals surface area contributed by atoms with Crippen LogP contribution in [0.1, 0.15) is 44.6 Å². The van der Waals surface area contributed by atoms with E-state index in [1.165, 1.54) is 26.2 Å². The summed E-state index contributed by atoms with van der Waals surface area (Å²) < 4.78 is 9.89. The van der Waals surface area contributed by atoms with Crippen LogP contribution in [-0.4, -0.2) is 35.9 Å². The number of ketones is 1. The summed E-state index contributed by atoms with van der Waals surface area (Å²) in [6, 6.07) is 7.02. The third-order valence-electron chi connectivity index (χ3n) is 4.04. The van der Waals surface area contributed by atoms with Crippen LogP contribution in [-0.2, 0) is 14.3 Å². The predicted octanol–water partition coefficient (Wildman–Crippen LogP) is 3.90. The van der Waals surface area contributed by atoms with Crippen LogP contribution >= 0.6 is 11.6 Å². The molecule has 1 atom stereocenters. The van der Waals surface area contributed by atoms with E-state index < -0.39 is 23.8 Å². The Morgan fingerprint density at radius 1 is 1.19 bits per heavy atom. The minimum atomic E-state index is -1.03. The molecule has 0 saturated heterocycles. The van der Waals surface area contributed by atoms with Crippen LogP contribution in [0.25, 0.3) is 6.08 Å². The highest BCUT2D eigenvalue weighted by Gasteiger charge is 2.26. The molecule has 0 aliphatic heterocycles. The van der Waals surface area contributed by atoms with Crippen LogP contribution in [0, 0.1) is 13.8 Å². The Kier molecular flexibility index (Phi) is 6.58. The number of methoxy groups -OCH3 is 1. The van der Waals surface area contributed by atoms with Gasteiger partial charge in [0, 0.05) is 16.8 Å². The Labute approximate surface area is 162 Å². The fourth-order valence-electron chi connectivity index (χ4n) is 2.64. The van der Waals surface area contributed by atoms with Gasteiger partial charge in [0.2, 0.25) is 5.78 Å². The second-order valence-corrected chi connectivity index (χ2v) is 6.32. The van der Waals surface area contributed by atoms with Gasteiger partial charge in [-0.25, -0.2) is 9.59 Å². The molecular weight excluding hydrogens is 370 g/mol. The zero-order chi connectivity index (χ0) is 20.1. The topological polar surface area (TPSA) is 85.5 Å². The number of halogens is 1. The third kappa shape index (κ3) is 4.65. The molecule has 0 aliphatic rings. The lowest BCUT2D eigenvalue weighted by Gasteiger charge is -2.10. The molecule has 0 fully saturated rings. The van der Waals surface area contributed by atoms with Crippen molar-refractivity contribution in [2.75, 3.05) is 7.11 Å². The second-order valence-electron chi connectivity index (χ2n) is 5.91. The third-order valence-corrected chi connectivity index (χ3v) is 4.38. The molecule has 0 bridgehead atoms. The fourth-order valence-corrected chi connectivity index (χ4v) is 2.84. The van der Waals surface area contributed by atoms with Crippen molar-refractivity contribution in [1.29, 1.82) is 0 Å². The highest BCUT2D eigenvalue weighted by atomic mass is 35.5. The largest absolute Gasteiger partial charge is 0.465 e. The average molecular weight is 390 g/mol. The normalized spacial score (nSPS) is 12.0. The van der Waals surface area contributed by atoms with Crippen LogP contribution < -0.4 is 0 Å². The van der Waals surface area contributed by atoms with Crippen molar-refractivity contribution in [2.45, 2.75) is 26.9 Å². The number of H-pyrrole nitrogens is 1. The van der Waals surface area contributed by atoms with Gasteiger partial charge in [-0.3, -0.25) is 4.79 Å². The van der Waals surface area contributed by atoms with Gasteiger partial charge >= 0.3 is 11.9 Å². The van der Waals surface area contributed by atoms with Gasteiger partial charge in [0.25, 0.3) is 0 Å². The van der Waals surface area contributed by atoms with Crippen molar-refractivity contribution in [3.63, 3.8) is 0 Å². The Morgan fingerprint density at radius 2 is 1.85 bits per heavy atom. The molecule has 2 aromatic rings. The van der Waals surface area contributed by atoms with Gasteiger partial charge in [0.15, 0.2) is 6.10 Å². The van der Waals surface area contributed by atoms with Gasteiger partial charge in [-0.1, -0.05) is 29.8 Å². The van der Waals surface area contributed by atoms with E-state index in [1.54, 1.807) is 38.1 Å². The maximum atomic E-state index is 12.6. The minimum Gasteiger partial charge on any atom is -0.465 e. The number of benzene rings is 1. The van der Waals surface area contributed by atoms with E-state index in [4.69, 9.17) is 21.1 Å². The lowest BCUT2D eigenvalue weighted by molar-refractivity contribution is -0.140. The molecule has 1 aromatic carbocycles. The van der Waals surface area contributed by atoms with Crippen molar-refractivity contribution >= 4 is 35.4 Å². The molecule has 27 heavy (non-hydrogen) atoms. The number of Topliss-reactive ketones (excluding diaryl/α,β-unsaturated/α-hetero) is 1. The first-order valence-corrected chi connectivity index (χ1v) is 8.59. The van der Waals surface area contributed by atoms with Crippen LogP contribution in [0.15, 0.2) is 30.3 Å². The molecule has 0 radical (unpaired) electrons. The number of carbonyl (C=O) groups is 3. The Hall–Kier alpha value is -2.86. The van der Waals surface area contributed by atoms with Crippen LogP contribution in [0.4, 0.5) is 0 Å². The number of ether oxygens (including phenoxy) is 2. The second kappa shape index (κ2) is 8.68. The molecule has 1 heterocycles. The number of esters is 2. The number of aromatic amines is 1. The zero-order valence-corrected chi connectivity index (χ0v) is 16.2. The molecule has 142 valence electrons. The van der Waals surface area contributed by atoms with Gasteiger partial charge in [0.1, 0.15) is 0 Å². The summed E-state index contributed by atoms with van der Waals surface area (Å²) in [7, 11) is 1.27. The summed E-state index contributed by atoms with van der Waals surface area (Å²) in [6.45, 7) is 4.77. The van der Waals surface area contributed by atoms with Crippen LogP contribution in [0.2, 0.25) is 5.02 Å². The molecule has 0 amide bonds. The van der Waals surface area contributed by atoms with Crippen LogP contribution in [0.5, 0.6) is 0 Å². The van der Waals surface area contributed by atoms with E-state index in [0.717, 1.165) is 0 Å². The number of aryl methyl sites for hydroxylation is 1. The van der Waals surface area contributed by atoms with Gasteiger partial charge in [-0.15, -0.1) is 0 Å². The summed E-state index contributed by atoms with van der Waals surface area (Å²) in [6.07, 6.45) is 1.69. The maximum absolute atomic E-state index is 12.6. The van der Waals surface area contributed by atoms with Gasteiger partial charge in [-0.2, -0.15) is 0 Å². The smallest absolute Gasteiger partial charge is 0.339 e. The van der Waals surface area contributed by atoms with E-state index >= 15 is 0 Å². The molecule has 6 nitrogen and oxygen atoms in total. The predicted molar refractivity (Wildman–Crippen MR) is 102 cm³/mol. The first kappa shape index (κ1) is 20.5. The van der Waals surface area contributed by atoms with E-state index in [1.807, 2.05) is 0 Å². The lowest BCUT2D eigenvalue weighted by atomic mass is 10.1.